The van der Waals surface area contributed by atoms with Gasteiger partial charge >= 0.3 is 0 Å². The molecule has 0 saturated carbocycles. The molecule has 27 heavy (non-hydrogen) atoms. The molecule has 1 atom stereocenters. The molecule has 0 bridgehead atoms. The van der Waals surface area contributed by atoms with E-state index in [1.165, 1.54) is 6.20 Å². The second-order valence-corrected chi connectivity index (χ2v) is 5.81. The summed E-state index contributed by atoms with van der Waals surface area (Å²) in [5, 5.41) is 9.26. The second-order valence-electron chi connectivity index (χ2n) is 5.81. The third-order valence-corrected chi connectivity index (χ3v) is 3.81. The molecule has 0 aromatic carbocycles. The Morgan fingerprint density at radius 3 is 2.96 bits per heavy atom. The van der Waals surface area contributed by atoms with Gasteiger partial charge in [-0.15, -0.1) is 0 Å². The van der Waals surface area contributed by atoms with Crippen LogP contribution in [0.3, 0.4) is 0 Å². The molecule has 0 fully saturated rings. The molecule has 0 radical (unpaired) electrons. The number of carbonyl (C=O) groups is 1. The van der Waals surface area contributed by atoms with Gasteiger partial charge in [-0.2, -0.15) is 14.5 Å². The Balaban J connectivity index is 1.56. The predicted molar refractivity (Wildman–Crippen MR) is 91.8 cm³/mol. The number of hydrogen-bond acceptors (Lipinski definition) is 8. The zero-order valence-corrected chi connectivity index (χ0v) is 14.4. The molecule has 0 aliphatic heterocycles. The number of nitrogens with one attached hydrogen (secondary N) is 2. The first kappa shape index (κ1) is 16.6. The van der Waals surface area contributed by atoms with E-state index in [1.54, 1.807) is 38.4 Å². The molecule has 11 nitrogen and oxygen atoms in total. The zero-order chi connectivity index (χ0) is 19.0. The van der Waals surface area contributed by atoms with E-state index < -0.39 is 17.5 Å². The topological polar surface area (TPSA) is 144 Å². The van der Waals surface area contributed by atoms with Crippen molar-refractivity contribution in [1.82, 2.24) is 40.0 Å². The number of aryl methyl sites for hydroxylation is 1. The van der Waals surface area contributed by atoms with Crippen molar-refractivity contribution in [1.29, 1.82) is 0 Å². The number of amides is 1. The van der Waals surface area contributed by atoms with Crippen molar-refractivity contribution in [3.05, 3.63) is 58.4 Å². The molecule has 4 aromatic rings. The lowest BCUT2D eigenvalue weighted by Gasteiger charge is -2.08. The fourth-order valence-corrected chi connectivity index (χ4v) is 2.48. The average Bonchev–Trinajstić information content (AvgIpc) is 3.29. The van der Waals surface area contributed by atoms with Gasteiger partial charge in [0.15, 0.2) is 0 Å². The highest BCUT2D eigenvalue weighted by atomic mass is 16.5. The lowest BCUT2D eigenvalue weighted by Crippen LogP contribution is -2.33. The number of fused-ring (bicyclic) bond motifs is 1. The molecule has 136 valence electrons. The Bertz CT molecular complexity index is 1180. The van der Waals surface area contributed by atoms with Crippen molar-refractivity contribution in [2.45, 2.75) is 19.9 Å². The highest BCUT2D eigenvalue weighted by Gasteiger charge is 2.21. The van der Waals surface area contributed by atoms with E-state index in [0.717, 1.165) is 4.52 Å². The van der Waals surface area contributed by atoms with Crippen molar-refractivity contribution in [2.75, 3.05) is 0 Å². The van der Waals surface area contributed by atoms with Gasteiger partial charge in [0, 0.05) is 24.2 Å². The average molecular weight is 366 g/mol. The first-order valence-electron chi connectivity index (χ1n) is 8.02. The van der Waals surface area contributed by atoms with Crippen LogP contribution >= 0.6 is 0 Å². The van der Waals surface area contributed by atoms with Crippen molar-refractivity contribution in [2.24, 2.45) is 0 Å². The summed E-state index contributed by atoms with van der Waals surface area (Å²) in [5.41, 5.74) is 0.00964. The summed E-state index contributed by atoms with van der Waals surface area (Å²) >= 11 is 0. The third-order valence-electron chi connectivity index (χ3n) is 3.81. The minimum atomic E-state index is -0.612. The first-order chi connectivity index (χ1) is 13.0. The fraction of sp³-hybridized carbons (Fsp3) is 0.188. The summed E-state index contributed by atoms with van der Waals surface area (Å²) in [5.74, 6) is 0.659. The Morgan fingerprint density at radius 2 is 2.19 bits per heavy atom. The number of hydrogen-bond donors (Lipinski definition) is 2. The van der Waals surface area contributed by atoms with Gasteiger partial charge in [-0.05, 0) is 26.0 Å². The summed E-state index contributed by atoms with van der Waals surface area (Å²) in [6.07, 6.45) is 4.43. The van der Waals surface area contributed by atoms with Crippen LogP contribution in [0.5, 0.6) is 0 Å². The number of pyridine rings is 1. The van der Waals surface area contributed by atoms with Gasteiger partial charge < -0.3 is 9.84 Å². The van der Waals surface area contributed by atoms with E-state index in [1.807, 2.05) is 0 Å². The van der Waals surface area contributed by atoms with Crippen LogP contribution in [0.2, 0.25) is 0 Å². The van der Waals surface area contributed by atoms with Gasteiger partial charge in [-0.25, -0.2) is 4.98 Å². The molecule has 0 unspecified atom stereocenters. The molecule has 0 saturated heterocycles. The number of carbonyl (C=O) groups excluding carboxylic acids is 1. The first-order valence-corrected chi connectivity index (χ1v) is 8.02. The van der Waals surface area contributed by atoms with Crippen LogP contribution in [-0.2, 0) is 0 Å². The number of nitrogens with zero attached hydrogens (tertiary/aromatic N) is 6. The second kappa shape index (κ2) is 6.44. The Labute approximate surface area is 151 Å². The van der Waals surface area contributed by atoms with Crippen molar-refractivity contribution < 1.29 is 9.32 Å². The monoisotopic (exact) mass is 366 g/mol. The van der Waals surface area contributed by atoms with Crippen molar-refractivity contribution in [3.63, 3.8) is 0 Å². The molecule has 0 aliphatic rings. The fourth-order valence-electron chi connectivity index (χ4n) is 2.48. The maximum atomic E-state index is 12.5. The molecule has 0 aliphatic carbocycles. The van der Waals surface area contributed by atoms with Gasteiger partial charge in [-0.1, -0.05) is 5.16 Å². The maximum Gasteiger partial charge on any atom is 0.286 e. The maximum absolute atomic E-state index is 12.5. The number of H-pyrrole nitrogens is 1. The molecule has 4 heterocycles. The third kappa shape index (κ3) is 3.05. The molecular weight excluding hydrogens is 352 g/mol. The van der Waals surface area contributed by atoms with Gasteiger partial charge in [0.2, 0.25) is 11.7 Å². The van der Waals surface area contributed by atoms with E-state index in [9.17, 15) is 9.59 Å². The summed E-state index contributed by atoms with van der Waals surface area (Å²) < 4.78 is 6.32. The zero-order valence-electron chi connectivity index (χ0n) is 14.4. The number of rotatable bonds is 4. The summed E-state index contributed by atoms with van der Waals surface area (Å²) in [6.45, 7) is 3.35. The molecule has 4 rings (SSSR count). The minimum absolute atomic E-state index is 0.130. The summed E-state index contributed by atoms with van der Waals surface area (Å²) in [7, 11) is 0. The van der Waals surface area contributed by atoms with Crippen LogP contribution in [0.25, 0.3) is 17.2 Å². The van der Waals surface area contributed by atoms with Crippen LogP contribution in [0.15, 0.2) is 40.0 Å². The highest BCUT2D eigenvalue weighted by Crippen LogP contribution is 2.17. The Kier molecular flexibility index (Phi) is 3.95. The summed E-state index contributed by atoms with van der Waals surface area (Å²) in [4.78, 5) is 41.2. The normalized spacial score (nSPS) is 12.2. The van der Waals surface area contributed by atoms with Gasteiger partial charge in [0.25, 0.3) is 17.2 Å². The smallest absolute Gasteiger partial charge is 0.286 e. The highest BCUT2D eigenvalue weighted by molar-refractivity contribution is 5.93. The Morgan fingerprint density at radius 1 is 1.33 bits per heavy atom. The van der Waals surface area contributed by atoms with Gasteiger partial charge in [0.1, 0.15) is 17.4 Å². The van der Waals surface area contributed by atoms with Crippen LogP contribution in [0.1, 0.15) is 35.0 Å². The quantitative estimate of drug-likeness (QED) is 0.536. The molecule has 2 N–H and O–H groups in total. The van der Waals surface area contributed by atoms with Gasteiger partial charge in [0.05, 0.1) is 0 Å². The van der Waals surface area contributed by atoms with Crippen LogP contribution in [-0.4, -0.2) is 40.6 Å². The predicted octanol–water partition coefficient (Wildman–Crippen LogP) is 0.662. The molecule has 4 aromatic heterocycles. The van der Waals surface area contributed by atoms with Gasteiger partial charge in [-0.3, -0.25) is 19.7 Å². The lowest BCUT2D eigenvalue weighted by molar-refractivity contribution is 0.0930. The van der Waals surface area contributed by atoms with E-state index in [0.29, 0.717) is 17.2 Å². The standard InChI is InChI=1S/C16H14N8O3/c1-8(14-21-12(23-27-14)10-4-3-5-17-6-10)19-13(25)11-7-18-16-20-9(2)22-24(16)15(11)26/h3-8H,1-2H3,(H,19,25)(H,18,20,22)/t8-/m1/s1. The number of aromatic amines is 1. The molecular formula is C16H14N8O3. The molecule has 1 amide bonds. The Hall–Kier alpha value is -3.89. The van der Waals surface area contributed by atoms with Crippen LogP contribution < -0.4 is 10.9 Å². The van der Waals surface area contributed by atoms with Crippen LogP contribution in [0.4, 0.5) is 0 Å². The van der Waals surface area contributed by atoms with E-state index in [4.69, 9.17) is 4.52 Å². The van der Waals surface area contributed by atoms with Crippen LogP contribution in [0, 0.1) is 6.92 Å². The van der Waals surface area contributed by atoms with E-state index in [2.05, 4.69) is 35.5 Å². The number of aromatic nitrogens is 7. The molecule has 11 heteroatoms. The summed E-state index contributed by atoms with van der Waals surface area (Å²) in [6, 6.07) is 2.93. The molecule has 0 spiro atoms. The SMILES string of the molecule is Cc1nc2ncc(C(=O)N[C@H](C)c3nc(-c4cccnc4)no3)c(=O)n2[nH]1. The lowest BCUT2D eigenvalue weighted by atomic mass is 10.2. The van der Waals surface area contributed by atoms with E-state index in [-0.39, 0.29) is 17.2 Å². The van der Waals surface area contributed by atoms with Crippen molar-refractivity contribution >= 4 is 11.7 Å². The van der Waals surface area contributed by atoms with E-state index >= 15 is 0 Å². The largest absolute Gasteiger partial charge is 0.340 e. The minimum Gasteiger partial charge on any atom is -0.340 e. The van der Waals surface area contributed by atoms with Crippen molar-refractivity contribution in [3.8, 4) is 11.4 Å².